The van der Waals surface area contributed by atoms with E-state index in [0.29, 0.717) is 23.5 Å². The number of nitrogens with one attached hydrogen (secondary N) is 2. The first-order chi connectivity index (χ1) is 13.7. The molecule has 28 heavy (non-hydrogen) atoms. The summed E-state index contributed by atoms with van der Waals surface area (Å²) in [5, 5.41) is 4.65. The van der Waals surface area contributed by atoms with Crippen molar-refractivity contribution in [2.45, 2.75) is 25.8 Å². The number of nitrogens with zero attached hydrogens (tertiary/aromatic N) is 1. The van der Waals surface area contributed by atoms with Crippen molar-refractivity contribution in [3.8, 4) is 11.1 Å². The zero-order valence-corrected chi connectivity index (χ0v) is 16.1. The maximum absolute atomic E-state index is 12.5. The molecular formula is C23H25N3O2. The number of carbonyl (C=O) groups excluding carboxylic acids is 1. The van der Waals surface area contributed by atoms with Gasteiger partial charge in [-0.05, 0) is 66.7 Å². The maximum atomic E-state index is 12.5. The first-order valence-corrected chi connectivity index (χ1v) is 9.90. The van der Waals surface area contributed by atoms with Crippen LogP contribution in [0.4, 0.5) is 0 Å². The molecule has 1 aliphatic heterocycles. The van der Waals surface area contributed by atoms with Crippen LogP contribution in [-0.2, 0) is 0 Å². The number of pyridine rings is 1. The van der Waals surface area contributed by atoms with Crippen LogP contribution in [0.1, 0.15) is 30.1 Å². The molecule has 0 bridgehead atoms. The molecule has 0 saturated carbocycles. The highest BCUT2D eigenvalue weighted by atomic mass is 16.1. The molecule has 1 aromatic heterocycles. The van der Waals surface area contributed by atoms with Crippen LogP contribution in [0.25, 0.3) is 21.9 Å². The Balaban J connectivity index is 1.47. The molecule has 2 heterocycles. The number of carbonyl (C=O) groups is 1. The molecule has 2 N–H and O–H groups in total. The van der Waals surface area contributed by atoms with E-state index in [1.54, 1.807) is 6.20 Å². The van der Waals surface area contributed by atoms with E-state index in [0.717, 1.165) is 36.0 Å². The van der Waals surface area contributed by atoms with Gasteiger partial charge in [-0.2, -0.15) is 0 Å². The van der Waals surface area contributed by atoms with Crippen LogP contribution in [0.15, 0.2) is 59.5 Å². The lowest BCUT2D eigenvalue weighted by atomic mass is 10.0. The monoisotopic (exact) mass is 375 g/mol. The van der Waals surface area contributed by atoms with Crippen molar-refractivity contribution in [3.63, 3.8) is 0 Å². The molecule has 1 amide bonds. The summed E-state index contributed by atoms with van der Waals surface area (Å²) in [7, 11) is 0. The van der Waals surface area contributed by atoms with E-state index >= 15 is 0 Å². The third-order valence-electron chi connectivity index (χ3n) is 5.66. The first-order valence-electron chi connectivity index (χ1n) is 9.90. The number of hydrogen-bond acceptors (Lipinski definition) is 3. The fraction of sp³-hybridized carbons (Fsp3) is 0.304. The number of rotatable bonds is 5. The van der Waals surface area contributed by atoms with Crippen LogP contribution in [0.2, 0.25) is 0 Å². The van der Waals surface area contributed by atoms with Crippen molar-refractivity contribution in [3.05, 3.63) is 70.6 Å². The fourth-order valence-electron chi connectivity index (χ4n) is 4.03. The Kier molecular flexibility index (Phi) is 5.26. The van der Waals surface area contributed by atoms with E-state index in [4.69, 9.17) is 0 Å². The lowest BCUT2D eigenvalue weighted by Crippen LogP contribution is -2.40. The van der Waals surface area contributed by atoms with Gasteiger partial charge in [-0.25, -0.2) is 0 Å². The van der Waals surface area contributed by atoms with Crippen molar-refractivity contribution in [1.29, 1.82) is 0 Å². The number of aromatic nitrogens is 1. The standard InChI is InChI=1S/C23H25N3O2/c1-2-26-13-3-4-20(26)15-25-22(27)18-8-5-16(6-9-18)19-10-7-17-11-12-24-23(28)21(17)14-19/h5-12,14,20H,2-4,13,15H2,1H3,(H,24,28)(H,25,27)/t20-/m1/s1. The minimum absolute atomic E-state index is 0.0375. The average molecular weight is 375 g/mol. The van der Waals surface area contributed by atoms with Gasteiger partial charge >= 0.3 is 0 Å². The highest BCUT2D eigenvalue weighted by Gasteiger charge is 2.23. The Bertz CT molecular complexity index is 1040. The Morgan fingerprint density at radius 1 is 1.14 bits per heavy atom. The Labute approximate surface area is 164 Å². The zero-order valence-electron chi connectivity index (χ0n) is 16.1. The van der Waals surface area contributed by atoms with Crippen molar-refractivity contribution in [1.82, 2.24) is 15.2 Å². The summed E-state index contributed by atoms with van der Waals surface area (Å²) < 4.78 is 0. The topological polar surface area (TPSA) is 65.2 Å². The predicted molar refractivity (Wildman–Crippen MR) is 113 cm³/mol. The highest BCUT2D eigenvalue weighted by molar-refractivity contribution is 5.95. The third-order valence-corrected chi connectivity index (χ3v) is 5.66. The second-order valence-electron chi connectivity index (χ2n) is 7.32. The molecule has 3 aromatic rings. The van der Waals surface area contributed by atoms with Crippen LogP contribution >= 0.6 is 0 Å². The molecule has 1 saturated heterocycles. The highest BCUT2D eigenvalue weighted by Crippen LogP contribution is 2.23. The number of likely N-dealkylation sites (tertiary alicyclic amines) is 1. The molecule has 144 valence electrons. The first kappa shape index (κ1) is 18.4. The molecule has 0 aliphatic carbocycles. The van der Waals surface area contributed by atoms with E-state index < -0.39 is 0 Å². The van der Waals surface area contributed by atoms with Gasteiger partial charge in [0, 0.05) is 29.7 Å². The summed E-state index contributed by atoms with van der Waals surface area (Å²) in [6.45, 7) is 5.02. The lowest BCUT2D eigenvalue weighted by Gasteiger charge is -2.22. The molecule has 1 aliphatic rings. The molecule has 5 nitrogen and oxygen atoms in total. The maximum Gasteiger partial charge on any atom is 0.255 e. The quantitative estimate of drug-likeness (QED) is 0.718. The second-order valence-corrected chi connectivity index (χ2v) is 7.32. The van der Waals surface area contributed by atoms with E-state index in [1.807, 2.05) is 48.5 Å². The van der Waals surface area contributed by atoms with E-state index in [2.05, 4.69) is 22.1 Å². The average Bonchev–Trinajstić information content (AvgIpc) is 3.20. The van der Waals surface area contributed by atoms with Gasteiger partial charge in [0.15, 0.2) is 0 Å². The van der Waals surface area contributed by atoms with Crippen LogP contribution in [-0.4, -0.2) is 41.5 Å². The summed E-state index contributed by atoms with van der Waals surface area (Å²) >= 11 is 0. The minimum atomic E-state index is -0.0941. The number of likely N-dealkylation sites (N-methyl/N-ethyl adjacent to an activating group) is 1. The number of amides is 1. The van der Waals surface area contributed by atoms with Gasteiger partial charge in [0.05, 0.1) is 0 Å². The molecule has 0 spiro atoms. The molecule has 1 fully saturated rings. The van der Waals surface area contributed by atoms with Crippen molar-refractivity contribution in [2.75, 3.05) is 19.6 Å². The lowest BCUT2D eigenvalue weighted by molar-refractivity contribution is 0.0941. The number of benzene rings is 2. The zero-order chi connectivity index (χ0) is 19.5. The second kappa shape index (κ2) is 7.98. The molecule has 4 rings (SSSR count). The largest absolute Gasteiger partial charge is 0.350 e. The summed E-state index contributed by atoms with van der Waals surface area (Å²) in [5.74, 6) is -0.0375. The van der Waals surface area contributed by atoms with Crippen LogP contribution in [0, 0.1) is 0 Å². The summed E-state index contributed by atoms with van der Waals surface area (Å²) in [6, 6.07) is 15.7. The van der Waals surface area contributed by atoms with E-state index in [-0.39, 0.29) is 11.5 Å². The molecule has 1 atom stereocenters. The van der Waals surface area contributed by atoms with Crippen LogP contribution < -0.4 is 10.9 Å². The normalized spacial score (nSPS) is 17.1. The summed E-state index contributed by atoms with van der Waals surface area (Å²) in [4.78, 5) is 29.6. The number of aromatic amines is 1. The Morgan fingerprint density at radius 2 is 1.93 bits per heavy atom. The van der Waals surface area contributed by atoms with Crippen LogP contribution in [0.3, 0.4) is 0 Å². The SMILES string of the molecule is CCN1CCC[C@@H]1CNC(=O)c1ccc(-c2ccc3cc[nH]c(=O)c3c2)cc1. The summed E-state index contributed by atoms with van der Waals surface area (Å²) in [6.07, 6.45) is 4.01. The van der Waals surface area contributed by atoms with Gasteiger partial charge in [-0.15, -0.1) is 0 Å². The predicted octanol–water partition coefficient (Wildman–Crippen LogP) is 3.41. The number of H-pyrrole nitrogens is 1. The van der Waals surface area contributed by atoms with Gasteiger partial charge in [-0.1, -0.05) is 31.2 Å². The van der Waals surface area contributed by atoms with E-state index in [1.165, 1.54) is 6.42 Å². The van der Waals surface area contributed by atoms with Gasteiger partial charge in [0.1, 0.15) is 0 Å². The molecule has 0 unspecified atom stereocenters. The van der Waals surface area contributed by atoms with Crippen molar-refractivity contribution in [2.24, 2.45) is 0 Å². The van der Waals surface area contributed by atoms with Crippen molar-refractivity contribution < 1.29 is 4.79 Å². The fourth-order valence-corrected chi connectivity index (χ4v) is 4.03. The van der Waals surface area contributed by atoms with E-state index in [9.17, 15) is 9.59 Å². The number of hydrogen-bond donors (Lipinski definition) is 2. The molecule has 0 radical (unpaired) electrons. The Morgan fingerprint density at radius 3 is 2.71 bits per heavy atom. The third kappa shape index (κ3) is 3.71. The van der Waals surface area contributed by atoms with Crippen molar-refractivity contribution >= 4 is 16.7 Å². The smallest absolute Gasteiger partial charge is 0.255 e. The molecule has 5 heteroatoms. The summed E-state index contributed by atoms with van der Waals surface area (Å²) in [5.41, 5.74) is 2.50. The van der Waals surface area contributed by atoms with Gasteiger partial charge in [-0.3, -0.25) is 14.5 Å². The Hall–Kier alpha value is -2.92. The molecular weight excluding hydrogens is 350 g/mol. The van der Waals surface area contributed by atoms with Crippen LogP contribution in [0.5, 0.6) is 0 Å². The van der Waals surface area contributed by atoms with Gasteiger partial charge < -0.3 is 10.3 Å². The molecule has 2 aromatic carbocycles. The minimum Gasteiger partial charge on any atom is -0.350 e. The van der Waals surface area contributed by atoms with Gasteiger partial charge in [0.2, 0.25) is 0 Å². The van der Waals surface area contributed by atoms with Gasteiger partial charge in [0.25, 0.3) is 11.5 Å². The number of fused-ring (bicyclic) bond motifs is 1.